The molecule has 1 saturated carbocycles. The molecule has 0 spiro atoms. The van der Waals surface area contributed by atoms with Crippen LogP contribution in [0.15, 0.2) is 50.2 Å². The third kappa shape index (κ3) is 3.81. The lowest BCUT2D eigenvalue weighted by Crippen LogP contribution is -2.21. The molecule has 1 fully saturated rings. The Morgan fingerprint density at radius 2 is 2.03 bits per heavy atom. The van der Waals surface area contributed by atoms with Crippen LogP contribution in [0.1, 0.15) is 49.9 Å². The number of fused-ring (bicyclic) bond motifs is 1. The molecule has 0 atom stereocenters. The van der Waals surface area contributed by atoms with E-state index in [1.165, 1.54) is 11.8 Å². The van der Waals surface area contributed by atoms with E-state index in [4.69, 9.17) is 9.51 Å². The fraction of sp³-hybridized carbons (Fsp3) is 0.364. The van der Waals surface area contributed by atoms with Gasteiger partial charge in [0, 0.05) is 6.42 Å². The predicted octanol–water partition coefficient (Wildman–Crippen LogP) is 5.20. The predicted molar refractivity (Wildman–Crippen MR) is 120 cm³/mol. The lowest BCUT2D eigenvalue weighted by atomic mass is 10.1. The zero-order chi connectivity index (χ0) is 20.7. The van der Waals surface area contributed by atoms with Gasteiger partial charge < -0.3 is 4.52 Å². The first-order valence-corrected chi connectivity index (χ1v) is 12.0. The molecular formula is C22H22N4O2S2. The molecule has 0 saturated heterocycles. The monoisotopic (exact) mass is 438 g/mol. The Hall–Kier alpha value is -2.45. The Balaban J connectivity index is 1.53. The third-order valence-corrected chi connectivity index (χ3v) is 6.88. The Bertz CT molecular complexity index is 1240. The normalized spacial score (nSPS) is 14.1. The Labute approximate surface area is 182 Å². The second kappa shape index (κ2) is 8.00. The summed E-state index contributed by atoms with van der Waals surface area (Å²) in [5.41, 5.74) is 1.98. The van der Waals surface area contributed by atoms with Crippen LogP contribution in [0.2, 0.25) is 0 Å². The van der Waals surface area contributed by atoms with Gasteiger partial charge in [-0.25, -0.2) is 4.98 Å². The molecule has 1 aliphatic carbocycles. The second-order valence-electron chi connectivity index (χ2n) is 8.01. The summed E-state index contributed by atoms with van der Waals surface area (Å²) < 4.78 is 7.12. The van der Waals surface area contributed by atoms with E-state index >= 15 is 0 Å². The number of benzene rings is 1. The highest BCUT2D eigenvalue weighted by Crippen LogP contribution is 2.44. The first-order valence-electron chi connectivity index (χ1n) is 10.1. The summed E-state index contributed by atoms with van der Waals surface area (Å²) in [6.45, 7) is 4.25. The molecule has 0 bridgehead atoms. The maximum absolute atomic E-state index is 13.6. The minimum atomic E-state index is 0.00266. The molecule has 0 N–H and O–H groups in total. The van der Waals surface area contributed by atoms with Gasteiger partial charge in [-0.05, 0) is 47.8 Å². The number of para-hydroxylation sites is 1. The summed E-state index contributed by atoms with van der Waals surface area (Å²) in [5.74, 6) is 2.71. The van der Waals surface area contributed by atoms with Crippen molar-refractivity contribution in [2.75, 3.05) is 0 Å². The standard InChI is InChI=1S/C22H22N4O2S2/c1-13(2)10-17-23-18(28-25-17)12-30-22-24-20-19(16(11-29-20)14-8-9-14)21(27)26(22)15-6-4-3-5-7-15/h3-7,11,13-14H,8-10,12H2,1-2H3. The number of hydrogen-bond donors (Lipinski definition) is 0. The van der Waals surface area contributed by atoms with Crippen LogP contribution in [-0.4, -0.2) is 19.7 Å². The van der Waals surface area contributed by atoms with Gasteiger partial charge in [-0.1, -0.05) is 49.0 Å². The fourth-order valence-corrected chi connectivity index (χ4v) is 5.42. The highest BCUT2D eigenvalue weighted by atomic mass is 32.2. The molecule has 154 valence electrons. The van der Waals surface area contributed by atoms with E-state index in [2.05, 4.69) is 29.4 Å². The third-order valence-electron chi connectivity index (χ3n) is 5.06. The van der Waals surface area contributed by atoms with E-state index in [0.717, 1.165) is 46.6 Å². The average Bonchev–Trinajstić information content (AvgIpc) is 3.33. The molecule has 0 amide bonds. The molecular weight excluding hydrogens is 416 g/mol. The first kappa shape index (κ1) is 19.5. The average molecular weight is 439 g/mol. The van der Waals surface area contributed by atoms with Crippen LogP contribution < -0.4 is 5.56 Å². The molecule has 3 aromatic heterocycles. The zero-order valence-electron chi connectivity index (χ0n) is 16.9. The van der Waals surface area contributed by atoms with E-state index in [1.54, 1.807) is 15.9 Å². The SMILES string of the molecule is CC(C)Cc1noc(CSc2nc3scc(C4CC4)c3c(=O)n2-c2ccccc2)n1. The summed E-state index contributed by atoms with van der Waals surface area (Å²) in [4.78, 5) is 23.7. The highest BCUT2D eigenvalue weighted by molar-refractivity contribution is 7.98. The van der Waals surface area contributed by atoms with Crippen molar-refractivity contribution in [2.24, 2.45) is 5.92 Å². The summed E-state index contributed by atoms with van der Waals surface area (Å²) in [7, 11) is 0. The van der Waals surface area contributed by atoms with Gasteiger partial charge in [0.1, 0.15) is 4.83 Å². The summed E-state index contributed by atoms with van der Waals surface area (Å²) in [6, 6.07) is 9.70. The van der Waals surface area contributed by atoms with Crippen LogP contribution in [0.3, 0.4) is 0 Å². The smallest absolute Gasteiger partial charge is 0.267 e. The number of rotatable bonds is 7. The zero-order valence-corrected chi connectivity index (χ0v) is 18.5. The van der Waals surface area contributed by atoms with Crippen molar-refractivity contribution < 1.29 is 4.52 Å². The van der Waals surface area contributed by atoms with Gasteiger partial charge in [0.05, 0.1) is 16.8 Å². The maximum atomic E-state index is 13.6. The van der Waals surface area contributed by atoms with Crippen LogP contribution in [0.5, 0.6) is 0 Å². The van der Waals surface area contributed by atoms with E-state index in [9.17, 15) is 4.79 Å². The minimum absolute atomic E-state index is 0.00266. The van der Waals surface area contributed by atoms with Crippen molar-refractivity contribution in [3.05, 3.63) is 63.3 Å². The van der Waals surface area contributed by atoms with Crippen LogP contribution in [0, 0.1) is 5.92 Å². The van der Waals surface area contributed by atoms with E-state index in [1.807, 2.05) is 30.3 Å². The number of hydrogen-bond acceptors (Lipinski definition) is 7. The van der Waals surface area contributed by atoms with Crippen molar-refractivity contribution in [3.8, 4) is 5.69 Å². The maximum Gasteiger partial charge on any atom is 0.267 e. The first-order chi connectivity index (χ1) is 14.6. The fourth-order valence-electron chi connectivity index (χ4n) is 3.51. The Morgan fingerprint density at radius 1 is 1.23 bits per heavy atom. The van der Waals surface area contributed by atoms with E-state index < -0.39 is 0 Å². The van der Waals surface area contributed by atoms with Gasteiger partial charge in [-0.2, -0.15) is 4.98 Å². The number of aromatic nitrogens is 4. The van der Waals surface area contributed by atoms with Crippen molar-refractivity contribution in [1.82, 2.24) is 19.7 Å². The summed E-state index contributed by atoms with van der Waals surface area (Å²) in [5, 5.41) is 7.58. The molecule has 1 aliphatic rings. The summed E-state index contributed by atoms with van der Waals surface area (Å²) in [6.07, 6.45) is 3.10. The quantitative estimate of drug-likeness (QED) is 0.292. The lowest BCUT2D eigenvalue weighted by Gasteiger charge is -2.11. The van der Waals surface area contributed by atoms with Gasteiger partial charge in [0.2, 0.25) is 5.89 Å². The van der Waals surface area contributed by atoms with Gasteiger partial charge in [-0.15, -0.1) is 11.3 Å². The van der Waals surface area contributed by atoms with Crippen LogP contribution in [-0.2, 0) is 12.2 Å². The van der Waals surface area contributed by atoms with Crippen molar-refractivity contribution in [2.45, 2.75) is 49.9 Å². The lowest BCUT2D eigenvalue weighted by molar-refractivity contribution is 0.382. The molecule has 0 radical (unpaired) electrons. The molecule has 3 heterocycles. The number of nitrogens with zero attached hydrogens (tertiary/aromatic N) is 4. The van der Waals surface area contributed by atoms with Crippen molar-refractivity contribution >= 4 is 33.3 Å². The van der Waals surface area contributed by atoms with E-state index in [-0.39, 0.29) is 5.56 Å². The minimum Gasteiger partial charge on any atom is -0.338 e. The van der Waals surface area contributed by atoms with Gasteiger partial charge in [0.15, 0.2) is 11.0 Å². The van der Waals surface area contributed by atoms with E-state index in [0.29, 0.717) is 28.6 Å². The molecule has 1 aromatic carbocycles. The molecule has 8 heteroatoms. The molecule has 4 aromatic rings. The van der Waals surface area contributed by atoms with Crippen molar-refractivity contribution in [3.63, 3.8) is 0 Å². The Morgan fingerprint density at radius 3 is 2.77 bits per heavy atom. The number of thioether (sulfide) groups is 1. The Kier molecular flexibility index (Phi) is 5.20. The topological polar surface area (TPSA) is 73.8 Å². The molecule has 0 aliphatic heterocycles. The molecule has 30 heavy (non-hydrogen) atoms. The van der Waals surface area contributed by atoms with Crippen LogP contribution >= 0.6 is 23.1 Å². The second-order valence-corrected chi connectivity index (χ2v) is 9.81. The molecule has 6 nitrogen and oxygen atoms in total. The number of thiophene rings is 1. The van der Waals surface area contributed by atoms with Gasteiger partial charge >= 0.3 is 0 Å². The van der Waals surface area contributed by atoms with Crippen LogP contribution in [0.25, 0.3) is 15.9 Å². The molecule has 5 rings (SSSR count). The summed E-state index contributed by atoms with van der Waals surface area (Å²) >= 11 is 3.01. The molecule has 0 unspecified atom stereocenters. The van der Waals surface area contributed by atoms with Gasteiger partial charge in [0.25, 0.3) is 5.56 Å². The van der Waals surface area contributed by atoms with Crippen molar-refractivity contribution in [1.29, 1.82) is 0 Å². The van der Waals surface area contributed by atoms with Crippen LogP contribution in [0.4, 0.5) is 0 Å². The highest BCUT2D eigenvalue weighted by Gasteiger charge is 2.29. The van der Waals surface area contributed by atoms with Gasteiger partial charge in [-0.3, -0.25) is 9.36 Å². The largest absolute Gasteiger partial charge is 0.338 e.